The predicted octanol–water partition coefficient (Wildman–Crippen LogP) is 2.59. The first-order valence-electron chi connectivity index (χ1n) is 8.49. The Morgan fingerprint density at radius 3 is 2.56 bits per heavy atom. The molecule has 1 fully saturated rings. The summed E-state index contributed by atoms with van der Waals surface area (Å²) in [6, 6.07) is 9.65. The van der Waals surface area contributed by atoms with Gasteiger partial charge in [-0.3, -0.25) is 9.59 Å². The zero-order valence-corrected chi connectivity index (χ0v) is 14.5. The van der Waals surface area contributed by atoms with Crippen LogP contribution in [0.5, 0.6) is 0 Å². The molecule has 3 rings (SSSR count). The van der Waals surface area contributed by atoms with Gasteiger partial charge in [-0.1, -0.05) is 44.2 Å². The summed E-state index contributed by atoms with van der Waals surface area (Å²) >= 11 is 0. The Morgan fingerprint density at radius 2 is 1.92 bits per heavy atom. The van der Waals surface area contributed by atoms with Crippen molar-refractivity contribution in [2.45, 2.75) is 20.3 Å². The van der Waals surface area contributed by atoms with Crippen LogP contribution in [0.25, 0.3) is 11.4 Å². The summed E-state index contributed by atoms with van der Waals surface area (Å²) in [4.78, 5) is 34.8. The number of anilines is 1. The summed E-state index contributed by atoms with van der Waals surface area (Å²) in [6.45, 7) is 5.29. The lowest BCUT2D eigenvalue weighted by Crippen LogP contribution is -2.31. The van der Waals surface area contributed by atoms with Gasteiger partial charge in [-0.15, -0.1) is 0 Å². The second kappa shape index (κ2) is 7.42. The molecule has 1 aromatic carbocycles. The first kappa shape index (κ1) is 17.1. The van der Waals surface area contributed by atoms with Crippen molar-refractivity contribution in [3.63, 3.8) is 0 Å². The first-order chi connectivity index (χ1) is 12.0. The Labute approximate surface area is 147 Å². The van der Waals surface area contributed by atoms with E-state index in [9.17, 15) is 9.59 Å². The fraction of sp³-hybridized carbons (Fsp3) is 0.368. The molecular formula is C19H22N4O2. The van der Waals surface area contributed by atoms with Gasteiger partial charge >= 0.3 is 0 Å². The maximum Gasteiger partial charge on any atom is 0.229 e. The monoisotopic (exact) mass is 338 g/mol. The maximum atomic E-state index is 12.4. The Hall–Kier alpha value is -2.76. The van der Waals surface area contributed by atoms with Gasteiger partial charge in [-0.2, -0.15) is 0 Å². The fourth-order valence-electron chi connectivity index (χ4n) is 2.94. The van der Waals surface area contributed by atoms with Crippen LogP contribution in [0.2, 0.25) is 0 Å². The number of nitrogens with one attached hydrogen (secondary N) is 1. The highest BCUT2D eigenvalue weighted by Gasteiger charge is 2.34. The molecule has 0 aliphatic carbocycles. The molecule has 1 saturated heterocycles. The number of rotatable bonds is 5. The fourth-order valence-corrected chi connectivity index (χ4v) is 2.94. The van der Waals surface area contributed by atoms with Crippen molar-refractivity contribution >= 4 is 17.5 Å². The molecule has 2 heterocycles. The molecule has 0 unspecified atom stereocenters. The third-order valence-corrected chi connectivity index (χ3v) is 4.12. The van der Waals surface area contributed by atoms with Gasteiger partial charge < -0.3 is 10.2 Å². The molecule has 2 amide bonds. The molecular weight excluding hydrogens is 316 g/mol. The molecule has 6 heteroatoms. The van der Waals surface area contributed by atoms with E-state index in [0.29, 0.717) is 30.5 Å². The molecule has 0 saturated carbocycles. The van der Waals surface area contributed by atoms with Crippen molar-refractivity contribution in [3.8, 4) is 11.4 Å². The molecule has 0 spiro atoms. The second-order valence-corrected chi connectivity index (χ2v) is 6.74. The van der Waals surface area contributed by atoms with Crippen molar-refractivity contribution in [2.24, 2.45) is 11.8 Å². The molecule has 2 aromatic rings. The number of amides is 2. The average Bonchev–Trinajstić information content (AvgIpc) is 2.96. The van der Waals surface area contributed by atoms with Gasteiger partial charge in [0.1, 0.15) is 0 Å². The summed E-state index contributed by atoms with van der Waals surface area (Å²) in [5.41, 5.74) is 1.46. The number of hydrogen-bond acceptors (Lipinski definition) is 4. The normalized spacial score (nSPS) is 17.2. The van der Waals surface area contributed by atoms with Crippen LogP contribution in [0.4, 0.5) is 5.69 Å². The van der Waals surface area contributed by atoms with Crippen LogP contribution in [0.1, 0.15) is 20.3 Å². The Morgan fingerprint density at radius 1 is 1.24 bits per heavy atom. The predicted molar refractivity (Wildman–Crippen MR) is 95.6 cm³/mol. The van der Waals surface area contributed by atoms with E-state index in [1.807, 2.05) is 30.3 Å². The molecule has 6 nitrogen and oxygen atoms in total. The van der Waals surface area contributed by atoms with Crippen molar-refractivity contribution in [3.05, 3.63) is 42.7 Å². The highest BCUT2D eigenvalue weighted by Crippen LogP contribution is 2.21. The summed E-state index contributed by atoms with van der Waals surface area (Å²) in [5, 5.41) is 2.81. The van der Waals surface area contributed by atoms with Crippen LogP contribution in [0, 0.1) is 11.8 Å². The molecule has 0 bridgehead atoms. The second-order valence-electron chi connectivity index (χ2n) is 6.74. The number of nitrogens with zero attached hydrogens (tertiary/aromatic N) is 3. The van der Waals surface area contributed by atoms with Gasteiger partial charge in [0, 0.05) is 25.1 Å². The molecule has 1 atom stereocenters. The van der Waals surface area contributed by atoms with E-state index < -0.39 is 0 Å². The van der Waals surface area contributed by atoms with E-state index in [-0.39, 0.29) is 24.2 Å². The largest absolute Gasteiger partial charge is 0.342 e. The third kappa shape index (κ3) is 4.21. The third-order valence-electron chi connectivity index (χ3n) is 4.12. The summed E-state index contributed by atoms with van der Waals surface area (Å²) in [7, 11) is 0. The highest BCUT2D eigenvalue weighted by molar-refractivity contribution is 5.97. The number of benzene rings is 1. The van der Waals surface area contributed by atoms with Gasteiger partial charge in [-0.05, 0) is 5.92 Å². The molecule has 1 aliphatic rings. The Balaban J connectivity index is 1.61. The zero-order valence-electron chi connectivity index (χ0n) is 14.5. The van der Waals surface area contributed by atoms with Crippen LogP contribution in [0.3, 0.4) is 0 Å². The van der Waals surface area contributed by atoms with Crippen molar-refractivity contribution < 1.29 is 9.59 Å². The van der Waals surface area contributed by atoms with Crippen LogP contribution >= 0.6 is 0 Å². The minimum atomic E-state index is -0.319. The summed E-state index contributed by atoms with van der Waals surface area (Å²) in [6.07, 6.45) is 3.45. The Bertz CT molecular complexity index is 744. The van der Waals surface area contributed by atoms with Crippen molar-refractivity contribution in [1.82, 2.24) is 14.9 Å². The van der Waals surface area contributed by atoms with Crippen LogP contribution < -0.4 is 5.32 Å². The van der Waals surface area contributed by atoms with E-state index in [2.05, 4.69) is 29.1 Å². The lowest BCUT2D eigenvalue weighted by Gasteiger charge is -2.18. The van der Waals surface area contributed by atoms with Crippen LogP contribution in [0.15, 0.2) is 42.7 Å². The summed E-state index contributed by atoms with van der Waals surface area (Å²) < 4.78 is 0. The van der Waals surface area contributed by atoms with Gasteiger partial charge in [0.2, 0.25) is 11.8 Å². The van der Waals surface area contributed by atoms with Gasteiger partial charge in [0.15, 0.2) is 5.82 Å². The van der Waals surface area contributed by atoms with Gasteiger partial charge in [0.25, 0.3) is 0 Å². The van der Waals surface area contributed by atoms with Crippen molar-refractivity contribution in [2.75, 3.05) is 18.4 Å². The number of carbonyl (C=O) groups is 2. The van der Waals surface area contributed by atoms with Crippen LogP contribution in [-0.4, -0.2) is 39.8 Å². The van der Waals surface area contributed by atoms with E-state index in [4.69, 9.17) is 0 Å². The lowest BCUT2D eigenvalue weighted by atomic mass is 10.1. The molecule has 0 radical (unpaired) electrons. The van der Waals surface area contributed by atoms with E-state index in [0.717, 1.165) is 5.56 Å². The van der Waals surface area contributed by atoms with E-state index in [1.165, 1.54) is 0 Å². The summed E-state index contributed by atoms with van der Waals surface area (Å²) in [5.74, 6) is 0.572. The van der Waals surface area contributed by atoms with E-state index >= 15 is 0 Å². The van der Waals surface area contributed by atoms with Gasteiger partial charge in [-0.25, -0.2) is 9.97 Å². The maximum absolute atomic E-state index is 12.4. The highest BCUT2D eigenvalue weighted by atomic mass is 16.2. The van der Waals surface area contributed by atoms with Crippen LogP contribution in [-0.2, 0) is 9.59 Å². The molecule has 25 heavy (non-hydrogen) atoms. The van der Waals surface area contributed by atoms with Gasteiger partial charge in [0.05, 0.1) is 24.0 Å². The molecule has 1 aliphatic heterocycles. The Kier molecular flexibility index (Phi) is 5.07. The number of likely N-dealkylation sites (tertiary alicyclic amines) is 1. The average molecular weight is 338 g/mol. The van der Waals surface area contributed by atoms with Crippen molar-refractivity contribution in [1.29, 1.82) is 0 Å². The first-order valence-corrected chi connectivity index (χ1v) is 8.49. The smallest absolute Gasteiger partial charge is 0.229 e. The molecule has 1 N–H and O–H groups in total. The molecule has 1 aromatic heterocycles. The topological polar surface area (TPSA) is 75.2 Å². The number of hydrogen-bond donors (Lipinski definition) is 1. The lowest BCUT2D eigenvalue weighted by molar-refractivity contribution is -0.128. The quantitative estimate of drug-likeness (QED) is 0.909. The number of aromatic nitrogens is 2. The molecule has 130 valence electrons. The van der Waals surface area contributed by atoms with E-state index in [1.54, 1.807) is 17.3 Å². The minimum Gasteiger partial charge on any atom is -0.342 e. The minimum absolute atomic E-state index is 0.0459. The number of carbonyl (C=O) groups excluding carboxylic acids is 2. The SMILES string of the molecule is CC(C)CN1C[C@H](C(=O)Nc2cnc(-c3ccccc3)nc2)CC1=O. The standard InChI is InChI=1S/C19H22N4O2/c1-13(2)11-23-12-15(8-17(23)24)19(25)22-16-9-20-18(21-10-16)14-6-4-3-5-7-14/h3-7,9-10,13,15H,8,11-12H2,1-2H3,(H,22,25)/t15-/m1/s1. The zero-order chi connectivity index (χ0) is 17.8.